The van der Waals surface area contributed by atoms with Crippen molar-refractivity contribution >= 4 is 28.3 Å². The number of rotatable bonds is 6. The fraction of sp³-hybridized carbons (Fsp3) is 0.462. The van der Waals surface area contributed by atoms with Crippen molar-refractivity contribution in [2.75, 3.05) is 19.6 Å². The summed E-state index contributed by atoms with van der Waals surface area (Å²) >= 11 is 0. The molecule has 1 heterocycles. The van der Waals surface area contributed by atoms with E-state index in [0.717, 1.165) is 18.7 Å². The highest BCUT2D eigenvalue weighted by Gasteiger charge is 2.24. The van der Waals surface area contributed by atoms with Crippen LogP contribution in [0.1, 0.15) is 12.5 Å². The van der Waals surface area contributed by atoms with Crippen LogP contribution in [-0.2, 0) is 21.4 Å². The summed E-state index contributed by atoms with van der Waals surface area (Å²) in [5.41, 5.74) is 0.876. The summed E-state index contributed by atoms with van der Waals surface area (Å²) in [5, 5.41) is 5.88. The maximum absolute atomic E-state index is 11.8. The molecule has 2 rings (SSSR count). The van der Waals surface area contributed by atoms with Crippen LogP contribution in [-0.4, -0.2) is 34.0 Å². The largest absolute Gasteiger partial charge is 0.352 e. The third-order valence-corrected chi connectivity index (χ3v) is 4.75. The minimum Gasteiger partial charge on any atom is -0.352 e. The Morgan fingerprint density at radius 3 is 2.38 bits per heavy atom. The lowest BCUT2D eigenvalue weighted by atomic mass is 10.0. The molecule has 1 fully saturated rings. The SMILES string of the molecule is CCNS(=O)(=O)c1ccc(CNC(=O)C2CNC2)cc1.Cl. The van der Waals surface area contributed by atoms with Gasteiger partial charge in [-0.25, -0.2) is 13.1 Å². The van der Waals surface area contributed by atoms with Gasteiger partial charge in [-0.2, -0.15) is 0 Å². The van der Waals surface area contributed by atoms with E-state index in [1.807, 2.05) is 0 Å². The molecule has 0 unspecified atom stereocenters. The van der Waals surface area contributed by atoms with E-state index in [0.29, 0.717) is 13.1 Å². The molecule has 1 aromatic rings. The van der Waals surface area contributed by atoms with Gasteiger partial charge in [0.1, 0.15) is 0 Å². The summed E-state index contributed by atoms with van der Waals surface area (Å²) < 4.78 is 25.9. The summed E-state index contributed by atoms with van der Waals surface area (Å²) in [6, 6.07) is 6.52. The van der Waals surface area contributed by atoms with Crippen LogP contribution in [0.4, 0.5) is 0 Å². The highest BCUT2D eigenvalue weighted by atomic mass is 35.5. The first kappa shape index (κ1) is 17.9. The molecule has 1 aliphatic heterocycles. The smallest absolute Gasteiger partial charge is 0.240 e. The zero-order valence-electron chi connectivity index (χ0n) is 11.8. The van der Waals surface area contributed by atoms with Gasteiger partial charge >= 0.3 is 0 Å². The van der Waals surface area contributed by atoms with E-state index in [1.54, 1.807) is 31.2 Å². The van der Waals surface area contributed by atoms with E-state index in [-0.39, 0.29) is 29.1 Å². The van der Waals surface area contributed by atoms with Crippen molar-refractivity contribution in [3.63, 3.8) is 0 Å². The maximum atomic E-state index is 11.8. The average molecular weight is 334 g/mol. The van der Waals surface area contributed by atoms with Gasteiger partial charge in [0.05, 0.1) is 10.8 Å². The number of carbonyl (C=O) groups excluding carboxylic acids is 1. The van der Waals surface area contributed by atoms with Gasteiger partial charge < -0.3 is 10.6 Å². The Kier molecular flexibility index (Phi) is 6.60. The normalized spacial score (nSPS) is 14.9. The van der Waals surface area contributed by atoms with Gasteiger partial charge in [-0.3, -0.25) is 4.79 Å². The highest BCUT2D eigenvalue weighted by molar-refractivity contribution is 7.89. The van der Waals surface area contributed by atoms with Crippen LogP contribution >= 0.6 is 12.4 Å². The van der Waals surface area contributed by atoms with Crippen molar-refractivity contribution in [2.24, 2.45) is 5.92 Å². The van der Waals surface area contributed by atoms with Gasteiger partial charge in [-0.1, -0.05) is 19.1 Å². The van der Waals surface area contributed by atoms with Gasteiger partial charge in [0, 0.05) is 26.2 Å². The van der Waals surface area contributed by atoms with Crippen LogP contribution in [0.15, 0.2) is 29.2 Å². The second-order valence-electron chi connectivity index (χ2n) is 4.72. The zero-order chi connectivity index (χ0) is 14.6. The summed E-state index contributed by atoms with van der Waals surface area (Å²) in [7, 11) is -3.41. The number of halogens is 1. The lowest BCUT2D eigenvalue weighted by Crippen LogP contribution is -2.50. The van der Waals surface area contributed by atoms with E-state index in [1.165, 1.54) is 0 Å². The molecule has 21 heavy (non-hydrogen) atoms. The zero-order valence-corrected chi connectivity index (χ0v) is 13.4. The van der Waals surface area contributed by atoms with Crippen molar-refractivity contribution in [1.82, 2.24) is 15.4 Å². The quantitative estimate of drug-likeness (QED) is 0.696. The number of hydrogen-bond acceptors (Lipinski definition) is 4. The van der Waals surface area contributed by atoms with Gasteiger partial charge in [-0.05, 0) is 17.7 Å². The lowest BCUT2D eigenvalue weighted by Gasteiger charge is -2.25. The molecule has 1 aliphatic rings. The standard InChI is InChI=1S/C13H19N3O3S.ClH/c1-2-16-20(18,19)12-5-3-10(4-6-12)7-15-13(17)11-8-14-9-11;/h3-6,11,14,16H,2,7-9H2,1H3,(H,15,17);1H. The predicted octanol–water partition coefficient (Wildman–Crippen LogP) is 0.242. The number of carbonyl (C=O) groups is 1. The number of amides is 1. The first-order valence-corrected chi connectivity index (χ1v) is 8.08. The Bertz CT molecular complexity index is 571. The molecular weight excluding hydrogens is 314 g/mol. The molecule has 0 bridgehead atoms. The van der Waals surface area contributed by atoms with Gasteiger partial charge in [0.2, 0.25) is 15.9 Å². The van der Waals surface area contributed by atoms with Gasteiger partial charge in [-0.15, -0.1) is 12.4 Å². The minimum atomic E-state index is -3.41. The molecule has 0 atom stereocenters. The molecule has 0 radical (unpaired) electrons. The van der Waals surface area contributed by atoms with Crippen LogP contribution in [0, 0.1) is 5.92 Å². The Morgan fingerprint density at radius 2 is 1.90 bits per heavy atom. The summed E-state index contributed by atoms with van der Waals surface area (Å²) in [5.74, 6) is 0.0940. The van der Waals surface area contributed by atoms with Crippen LogP contribution < -0.4 is 15.4 Å². The molecule has 1 saturated heterocycles. The molecular formula is C13H20ClN3O3S. The van der Waals surface area contributed by atoms with Crippen molar-refractivity contribution in [1.29, 1.82) is 0 Å². The Balaban J connectivity index is 0.00000220. The van der Waals surface area contributed by atoms with E-state index in [4.69, 9.17) is 0 Å². The number of sulfonamides is 1. The fourth-order valence-electron chi connectivity index (χ4n) is 1.87. The van der Waals surface area contributed by atoms with Crippen LogP contribution in [0.5, 0.6) is 0 Å². The third-order valence-electron chi connectivity index (χ3n) is 3.19. The summed E-state index contributed by atoms with van der Waals surface area (Å²) in [6.45, 7) is 3.96. The van der Waals surface area contributed by atoms with Crippen LogP contribution in [0.25, 0.3) is 0 Å². The van der Waals surface area contributed by atoms with Gasteiger partial charge in [0.15, 0.2) is 0 Å². The van der Waals surface area contributed by atoms with Crippen molar-refractivity contribution in [3.8, 4) is 0 Å². The molecule has 0 aliphatic carbocycles. The molecule has 1 aromatic carbocycles. The second kappa shape index (κ2) is 7.74. The molecule has 8 heteroatoms. The van der Waals surface area contributed by atoms with E-state index in [2.05, 4.69) is 15.4 Å². The summed E-state index contributed by atoms with van der Waals surface area (Å²) in [6.07, 6.45) is 0. The average Bonchev–Trinajstić information content (AvgIpc) is 2.35. The first-order valence-electron chi connectivity index (χ1n) is 6.60. The van der Waals surface area contributed by atoms with Crippen LogP contribution in [0.2, 0.25) is 0 Å². The van der Waals surface area contributed by atoms with Crippen molar-refractivity contribution < 1.29 is 13.2 Å². The van der Waals surface area contributed by atoms with Crippen molar-refractivity contribution in [2.45, 2.75) is 18.4 Å². The van der Waals surface area contributed by atoms with E-state index >= 15 is 0 Å². The molecule has 0 aromatic heterocycles. The van der Waals surface area contributed by atoms with Crippen LogP contribution in [0.3, 0.4) is 0 Å². The van der Waals surface area contributed by atoms with Crippen molar-refractivity contribution in [3.05, 3.63) is 29.8 Å². The summed E-state index contributed by atoms with van der Waals surface area (Å²) in [4.78, 5) is 11.9. The number of nitrogens with one attached hydrogen (secondary N) is 3. The first-order chi connectivity index (χ1) is 9.53. The monoisotopic (exact) mass is 333 g/mol. The third kappa shape index (κ3) is 4.67. The number of benzene rings is 1. The minimum absolute atomic E-state index is 0. The maximum Gasteiger partial charge on any atom is 0.240 e. The van der Waals surface area contributed by atoms with E-state index in [9.17, 15) is 13.2 Å². The molecule has 118 valence electrons. The van der Waals surface area contributed by atoms with Gasteiger partial charge in [0.25, 0.3) is 0 Å². The Hall–Kier alpha value is -1.15. The Morgan fingerprint density at radius 1 is 1.29 bits per heavy atom. The lowest BCUT2D eigenvalue weighted by molar-refractivity contribution is -0.126. The fourth-order valence-corrected chi connectivity index (χ4v) is 2.91. The second-order valence-corrected chi connectivity index (χ2v) is 6.49. The highest BCUT2D eigenvalue weighted by Crippen LogP contribution is 2.10. The number of hydrogen-bond donors (Lipinski definition) is 3. The molecule has 3 N–H and O–H groups in total. The molecule has 0 saturated carbocycles. The Labute approximate surface area is 131 Å². The predicted molar refractivity (Wildman–Crippen MR) is 82.8 cm³/mol. The molecule has 6 nitrogen and oxygen atoms in total. The molecule has 0 spiro atoms. The topological polar surface area (TPSA) is 87.3 Å². The van der Waals surface area contributed by atoms with E-state index < -0.39 is 10.0 Å². The molecule has 1 amide bonds.